The number of carbonyl (C=O) groups is 2. The van der Waals surface area contributed by atoms with Crippen LogP contribution < -0.4 is 10.7 Å². The zero-order chi connectivity index (χ0) is 19.6. The first kappa shape index (κ1) is 19.1. The number of rotatable bonds is 4. The lowest BCUT2D eigenvalue weighted by atomic mass is 9.78. The Balaban J connectivity index is 1.66. The van der Waals surface area contributed by atoms with Crippen LogP contribution in [-0.2, 0) is 9.53 Å². The number of carbonyl (C=O) groups excluding carboxylic acids is 2. The molecule has 1 saturated carbocycles. The highest BCUT2D eigenvalue weighted by Gasteiger charge is 2.30. The zero-order valence-electron chi connectivity index (χ0n) is 15.9. The lowest BCUT2D eigenvalue weighted by molar-refractivity contribution is -0.130. The number of esters is 1. The fourth-order valence-corrected chi connectivity index (χ4v) is 3.56. The summed E-state index contributed by atoms with van der Waals surface area (Å²) in [6, 6.07) is 7.84. The monoisotopic (exact) mass is 371 g/mol. The second-order valence-corrected chi connectivity index (χ2v) is 7.40. The standard InChI is InChI=1S/C21H25NO5/c1-12-7-6-9-16(13(12)2)22-20(24)14(3)26-21(25)19-11-17(23)15-8-4-5-10-18(15)27-19/h4-5,8,10-14,16H,6-7,9H2,1-3H3,(H,22,24)/t12-,13+,14+,16+/m0/s1. The highest BCUT2D eigenvalue weighted by Crippen LogP contribution is 2.29. The summed E-state index contributed by atoms with van der Waals surface area (Å²) in [6.45, 7) is 5.84. The first-order valence-corrected chi connectivity index (χ1v) is 9.41. The Bertz CT molecular complexity index is 903. The van der Waals surface area contributed by atoms with Crippen molar-refractivity contribution in [2.45, 2.75) is 52.2 Å². The molecule has 1 amide bonds. The van der Waals surface area contributed by atoms with Crippen LogP contribution in [0.4, 0.5) is 0 Å². The third-order valence-electron chi connectivity index (χ3n) is 5.52. The van der Waals surface area contributed by atoms with Crippen molar-refractivity contribution in [3.8, 4) is 0 Å². The molecule has 0 bridgehead atoms. The molecule has 0 unspecified atom stereocenters. The van der Waals surface area contributed by atoms with E-state index in [9.17, 15) is 14.4 Å². The fourth-order valence-electron chi connectivity index (χ4n) is 3.56. The van der Waals surface area contributed by atoms with Gasteiger partial charge in [0.2, 0.25) is 5.76 Å². The Morgan fingerprint density at radius 3 is 2.74 bits per heavy atom. The number of benzene rings is 1. The first-order valence-electron chi connectivity index (χ1n) is 9.41. The molecular weight excluding hydrogens is 346 g/mol. The van der Waals surface area contributed by atoms with E-state index in [1.54, 1.807) is 24.3 Å². The lowest BCUT2D eigenvalue weighted by Crippen LogP contribution is -2.47. The van der Waals surface area contributed by atoms with Gasteiger partial charge >= 0.3 is 5.97 Å². The van der Waals surface area contributed by atoms with Gasteiger partial charge in [0.25, 0.3) is 5.91 Å². The van der Waals surface area contributed by atoms with Crippen LogP contribution in [0, 0.1) is 11.8 Å². The van der Waals surface area contributed by atoms with E-state index >= 15 is 0 Å². The second-order valence-electron chi connectivity index (χ2n) is 7.40. The summed E-state index contributed by atoms with van der Waals surface area (Å²) in [7, 11) is 0. The SMILES string of the molecule is C[C@@H]1[C@@H](C)CCC[C@H]1NC(=O)[C@@H](C)OC(=O)c1cc(=O)c2ccccc2o1. The number of hydrogen-bond acceptors (Lipinski definition) is 5. The molecule has 0 spiro atoms. The normalized spacial score (nSPS) is 23.6. The van der Waals surface area contributed by atoms with Crippen LogP contribution in [0.5, 0.6) is 0 Å². The van der Waals surface area contributed by atoms with Crippen LogP contribution >= 0.6 is 0 Å². The minimum absolute atomic E-state index is 0.0843. The van der Waals surface area contributed by atoms with Gasteiger partial charge in [0.15, 0.2) is 11.5 Å². The summed E-state index contributed by atoms with van der Waals surface area (Å²) in [5, 5.41) is 3.38. The molecule has 6 nitrogen and oxygen atoms in total. The number of nitrogens with one attached hydrogen (secondary N) is 1. The van der Waals surface area contributed by atoms with Gasteiger partial charge in [-0.1, -0.05) is 38.8 Å². The molecule has 0 radical (unpaired) electrons. The molecule has 1 fully saturated rings. The van der Waals surface area contributed by atoms with Crippen molar-refractivity contribution in [2.24, 2.45) is 11.8 Å². The molecule has 1 aromatic heterocycles. The molecule has 4 atom stereocenters. The molecule has 0 saturated heterocycles. The lowest BCUT2D eigenvalue weighted by Gasteiger charge is -2.35. The number of amides is 1. The third-order valence-corrected chi connectivity index (χ3v) is 5.52. The molecule has 1 heterocycles. The first-order chi connectivity index (χ1) is 12.9. The van der Waals surface area contributed by atoms with Crippen molar-refractivity contribution in [1.29, 1.82) is 0 Å². The maximum absolute atomic E-state index is 12.4. The summed E-state index contributed by atoms with van der Waals surface area (Å²) < 4.78 is 10.7. The molecule has 1 aliphatic rings. The van der Waals surface area contributed by atoms with Gasteiger partial charge in [-0.3, -0.25) is 9.59 Å². The van der Waals surface area contributed by atoms with Crippen LogP contribution in [0.1, 0.15) is 50.6 Å². The van der Waals surface area contributed by atoms with E-state index in [1.807, 2.05) is 0 Å². The van der Waals surface area contributed by atoms with Gasteiger partial charge < -0.3 is 14.5 Å². The summed E-state index contributed by atoms with van der Waals surface area (Å²) >= 11 is 0. The third kappa shape index (κ3) is 4.21. The molecule has 27 heavy (non-hydrogen) atoms. The van der Waals surface area contributed by atoms with E-state index in [2.05, 4.69) is 19.2 Å². The Labute approximate surface area is 157 Å². The molecule has 2 aromatic rings. The maximum Gasteiger partial charge on any atom is 0.375 e. The second kappa shape index (κ2) is 7.94. The van der Waals surface area contributed by atoms with Gasteiger partial charge in [-0.25, -0.2) is 4.79 Å². The van der Waals surface area contributed by atoms with Crippen molar-refractivity contribution in [3.05, 3.63) is 46.3 Å². The highest BCUT2D eigenvalue weighted by atomic mass is 16.6. The molecule has 3 rings (SSSR count). The average molecular weight is 371 g/mol. The Kier molecular flexibility index (Phi) is 5.63. The van der Waals surface area contributed by atoms with Crippen LogP contribution in [-0.4, -0.2) is 24.0 Å². The van der Waals surface area contributed by atoms with E-state index in [4.69, 9.17) is 9.15 Å². The van der Waals surface area contributed by atoms with Gasteiger partial charge in [-0.2, -0.15) is 0 Å². The predicted octanol–water partition coefficient (Wildman–Crippen LogP) is 3.28. The van der Waals surface area contributed by atoms with Crippen LogP contribution in [0.2, 0.25) is 0 Å². The maximum atomic E-state index is 12.4. The molecule has 1 aromatic carbocycles. The Morgan fingerprint density at radius 2 is 1.96 bits per heavy atom. The number of hydrogen-bond donors (Lipinski definition) is 1. The number of fused-ring (bicyclic) bond motifs is 1. The van der Waals surface area contributed by atoms with Crippen LogP contribution in [0.25, 0.3) is 11.0 Å². The van der Waals surface area contributed by atoms with Crippen molar-refractivity contribution in [3.63, 3.8) is 0 Å². The van der Waals surface area contributed by atoms with Crippen molar-refractivity contribution >= 4 is 22.8 Å². The van der Waals surface area contributed by atoms with Crippen molar-refractivity contribution < 1.29 is 18.7 Å². The van der Waals surface area contributed by atoms with E-state index in [0.717, 1.165) is 18.9 Å². The molecular formula is C21H25NO5. The van der Waals surface area contributed by atoms with E-state index in [0.29, 0.717) is 22.8 Å². The average Bonchev–Trinajstić information content (AvgIpc) is 2.65. The highest BCUT2D eigenvalue weighted by molar-refractivity contribution is 5.91. The largest absolute Gasteiger partial charge is 0.449 e. The number of para-hydroxylation sites is 1. The van der Waals surface area contributed by atoms with E-state index < -0.39 is 12.1 Å². The summed E-state index contributed by atoms with van der Waals surface area (Å²) in [4.78, 5) is 36.9. The topological polar surface area (TPSA) is 85.6 Å². The van der Waals surface area contributed by atoms with Crippen molar-refractivity contribution in [1.82, 2.24) is 5.32 Å². The molecule has 1 N–H and O–H groups in total. The molecule has 1 aliphatic carbocycles. The van der Waals surface area contributed by atoms with Crippen molar-refractivity contribution in [2.75, 3.05) is 0 Å². The summed E-state index contributed by atoms with van der Waals surface area (Å²) in [5.74, 6) is -0.445. The van der Waals surface area contributed by atoms with Gasteiger partial charge in [-0.05, 0) is 37.3 Å². The van der Waals surface area contributed by atoms with E-state index in [1.165, 1.54) is 13.3 Å². The van der Waals surface area contributed by atoms with Gasteiger partial charge in [0.05, 0.1) is 5.39 Å². The number of ether oxygens (including phenoxy) is 1. The summed E-state index contributed by atoms with van der Waals surface area (Å²) in [6.07, 6.45) is 2.20. The summed E-state index contributed by atoms with van der Waals surface area (Å²) in [5.41, 5.74) is -0.0232. The Hall–Kier alpha value is -2.63. The predicted molar refractivity (Wildman–Crippen MR) is 101 cm³/mol. The fraction of sp³-hybridized carbons (Fsp3) is 0.476. The van der Waals surface area contributed by atoms with E-state index in [-0.39, 0.29) is 23.1 Å². The Morgan fingerprint density at radius 1 is 1.22 bits per heavy atom. The van der Waals surface area contributed by atoms with Gasteiger partial charge in [0.1, 0.15) is 5.58 Å². The minimum Gasteiger partial charge on any atom is -0.449 e. The smallest absolute Gasteiger partial charge is 0.375 e. The van der Waals surface area contributed by atoms with Gasteiger partial charge in [0, 0.05) is 12.1 Å². The quantitative estimate of drug-likeness (QED) is 0.834. The van der Waals surface area contributed by atoms with Gasteiger partial charge in [-0.15, -0.1) is 0 Å². The zero-order valence-corrected chi connectivity index (χ0v) is 15.9. The van der Waals surface area contributed by atoms with Crippen LogP contribution in [0.15, 0.2) is 39.5 Å². The minimum atomic E-state index is -0.973. The molecule has 0 aliphatic heterocycles. The molecule has 144 valence electrons. The molecule has 6 heteroatoms. The van der Waals surface area contributed by atoms with Crippen LogP contribution in [0.3, 0.4) is 0 Å².